The van der Waals surface area contributed by atoms with Gasteiger partial charge < -0.3 is 35.4 Å². The monoisotopic (exact) mass is 514 g/mol. The second kappa shape index (κ2) is 11.9. The highest BCUT2D eigenvalue weighted by atomic mass is 16.5. The number of urea groups is 1. The number of benzene rings is 3. The first-order valence-electron chi connectivity index (χ1n) is 13.0. The van der Waals surface area contributed by atoms with Crippen molar-refractivity contribution in [1.82, 2.24) is 10.2 Å². The predicted molar refractivity (Wildman–Crippen MR) is 152 cm³/mol. The number of methoxy groups -OCH3 is 1. The second-order valence-corrected chi connectivity index (χ2v) is 9.37. The standard InChI is InChI=1S/C29H34N6O3/c1-38-27-10-6-5-9-26(27)34-19-17-33(18-20-34)25-12-11-22(28(36)35-15-13-30-14-16-35)21-24(25)32-29(37)31-23-7-3-2-4-8-23/h2-12,21,30H,13-20H2,1H3,(H2,31,32,37). The van der Waals surface area contributed by atoms with Gasteiger partial charge in [-0.3, -0.25) is 4.79 Å². The zero-order valence-corrected chi connectivity index (χ0v) is 21.7. The molecule has 2 aliphatic rings. The Morgan fingerprint density at radius 3 is 2.13 bits per heavy atom. The number of nitrogens with one attached hydrogen (secondary N) is 3. The summed E-state index contributed by atoms with van der Waals surface area (Å²) in [5.41, 5.74) is 3.85. The number of anilines is 4. The predicted octanol–water partition coefficient (Wildman–Crippen LogP) is 3.71. The lowest BCUT2D eigenvalue weighted by molar-refractivity contribution is 0.0736. The molecule has 5 rings (SSSR count). The fourth-order valence-electron chi connectivity index (χ4n) is 4.98. The van der Waals surface area contributed by atoms with Crippen LogP contribution in [0.4, 0.5) is 27.5 Å². The number of hydrogen-bond donors (Lipinski definition) is 3. The van der Waals surface area contributed by atoms with E-state index in [4.69, 9.17) is 4.74 Å². The van der Waals surface area contributed by atoms with Gasteiger partial charge in [-0.2, -0.15) is 0 Å². The van der Waals surface area contributed by atoms with Crippen molar-refractivity contribution in [3.63, 3.8) is 0 Å². The largest absolute Gasteiger partial charge is 0.495 e. The lowest BCUT2D eigenvalue weighted by atomic mass is 10.1. The molecular formula is C29H34N6O3. The van der Waals surface area contributed by atoms with E-state index < -0.39 is 0 Å². The molecule has 0 aromatic heterocycles. The average molecular weight is 515 g/mol. The molecule has 3 aromatic rings. The Hall–Kier alpha value is -4.24. The van der Waals surface area contributed by atoms with Crippen molar-refractivity contribution in [3.8, 4) is 5.75 Å². The molecule has 2 heterocycles. The number of carbonyl (C=O) groups is 2. The SMILES string of the molecule is COc1ccccc1N1CCN(c2ccc(C(=O)N3CCNCC3)cc2NC(=O)Nc2ccccc2)CC1. The molecule has 3 amide bonds. The van der Waals surface area contributed by atoms with Crippen LogP contribution in [0.15, 0.2) is 72.8 Å². The van der Waals surface area contributed by atoms with E-state index in [1.165, 1.54) is 0 Å². The molecule has 2 saturated heterocycles. The molecule has 38 heavy (non-hydrogen) atoms. The average Bonchev–Trinajstić information content (AvgIpc) is 2.98. The highest BCUT2D eigenvalue weighted by molar-refractivity contribution is 6.04. The van der Waals surface area contributed by atoms with Gasteiger partial charge in [-0.1, -0.05) is 30.3 Å². The number of piperazine rings is 2. The van der Waals surface area contributed by atoms with Crippen LogP contribution in [-0.2, 0) is 0 Å². The third-order valence-electron chi connectivity index (χ3n) is 6.97. The van der Waals surface area contributed by atoms with Gasteiger partial charge in [-0.05, 0) is 42.5 Å². The summed E-state index contributed by atoms with van der Waals surface area (Å²) in [5, 5.41) is 9.17. The molecule has 9 nitrogen and oxygen atoms in total. The van der Waals surface area contributed by atoms with Crippen LogP contribution in [0.3, 0.4) is 0 Å². The molecule has 9 heteroatoms. The van der Waals surface area contributed by atoms with Gasteiger partial charge in [0.2, 0.25) is 0 Å². The molecule has 2 fully saturated rings. The van der Waals surface area contributed by atoms with Crippen LogP contribution in [0.25, 0.3) is 0 Å². The molecular weight excluding hydrogens is 480 g/mol. The van der Waals surface area contributed by atoms with E-state index in [2.05, 4.69) is 31.8 Å². The Bertz CT molecular complexity index is 1250. The summed E-state index contributed by atoms with van der Waals surface area (Å²) in [6.45, 7) is 6.03. The van der Waals surface area contributed by atoms with Gasteiger partial charge in [0.1, 0.15) is 5.75 Å². The van der Waals surface area contributed by atoms with E-state index in [0.29, 0.717) is 30.0 Å². The first kappa shape index (κ1) is 25.4. The number of ether oxygens (including phenoxy) is 1. The quantitative estimate of drug-likeness (QED) is 0.465. The normalized spacial score (nSPS) is 15.7. The van der Waals surface area contributed by atoms with E-state index in [0.717, 1.165) is 56.4 Å². The highest BCUT2D eigenvalue weighted by Gasteiger charge is 2.24. The van der Waals surface area contributed by atoms with Crippen LogP contribution in [0.1, 0.15) is 10.4 Å². The molecule has 198 valence electrons. The van der Waals surface area contributed by atoms with Crippen molar-refractivity contribution in [2.45, 2.75) is 0 Å². The number of carbonyl (C=O) groups excluding carboxylic acids is 2. The Morgan fingerprint density at radius 1 is 0.763 bits per heavy atom. The smallest absolute Gasteiger partial charge is 0.323 e. The Balaban J connectivity index is 1.36. The highest BCUT2D eigenvalue weighted by Crippen LogP contribution is 2.32. The summed E-state index contributed by atoms with van der Waals surface area (Å²) >= 11 is 0. The summed E-state index contributed by atoms with van der Waals surface area (Å²) in [6, 6.07) is 22.6. The van der Waals surface area contributed by atoms with Crippen LogP contribution < -0.4 is 30.5 Å². The van der Waals surface area contributed by atoms with Crippen LogP contribution >= 0.6 is 0 Å². The zero-order valence-electron chi connectivity index (χ0n) is 21.7. The Morgan fingerprint density at radius 2 is 1.42 bits per heavy atom. The Kier molecular flexibility index (Phi) is 7.94. The van der Waals surface area contributed by atoms with Crippen molar-refractivity contribution < 1.29 is 14.3 Å². The molecule has 0 saturated carbocycles. The molecule has 3 aromatic carbocycles. The van der Waals surface area contributed by atoms with Gasteiger partial charge in [0.05, 0.1) is 24.2 Å². The van der Waals surface area contributed by atoms with Gasteiger partial charge in [-0.25, -0.2) is 4.79 Å². The molecule has 2 aliphatic heterocycles. The minimum Gasteiger partial charge on any atom is -0.495 e. The summed E-state index contributed by atoms with van der Waals surface area (Å²) in [5.74, 6) is 0.835. The van der Waals surface area contributed by atoms with Crippen LogP contribution in [-0.4, -0.2) is 76.3 Å². The molecule has 0 radical (unpaired) electrons. The number of para-hydroxylation sites is 3. The van der Waals surface area contributed by atoms with Crippen LogP contribution in [0.2, 0.25) is 0 Å². The molecule has 3 N–H and O–H groups in total. The van der Waals surface area contributed by atoms with E-state index in [9.17, 15) is 9.59 Å². The van der Waals surface area contributed by atoms with E-state index in [-0.39, 0.29) is 11.9 Å². The third-order valence-corrected chi connectivity index (χ3v) is 6.97. The fraction of sp³-hybridized carbons (Fsp3) is 0.310. The van der Waals surface area contributed by atoms with Crippen molar-refractivity contribution in [2.75, 3.05) is 79.9 Å². The van der Waals surface area contributed by atoms with Crippen molar-refractivity contribution >= 4 is 34.7 Å². The summed E-state index contributed by atoms with van der Waals surface area (Å²) < 4.78 is 5.56. The Labute approximate surface area is 223 Å². The molecule has 0 unspecified atom stereocenters. The van der Waals surface area contributed by atoms with E-state index in [1.54, 1.807) is 13.2 Å². The van der Waals surface area contributed by atoms with Gasteiger partial charge in [0.15, 0.2) is 0 Å². The number of amides is 3. The minimum atomic E-state index is -0.350. The lowest BCUT2D eigenvalue weighted by Crippen LogP contribution is -2.47. The molecule has 0 aliphatic carbocycles. The summed E-state index contributed by atoms with van der Waals surface area (Å²) in [7, 11) is 1.69. The fourth-order valence-corrected chi connectivity index (χ4v) is 4.98. The third kappa shape index (κ3) is 5.84. The molecule has 0 spiro atoms. The topological polar surface area (TPSA) is 89.2 Å². The van der Waals surface area contributed by atoms with Crippen molar-refractivity contribution in [3.05, 3.63) is 78.4 Å². The minimum absolute atomic E-state index is 0.0226. The zero-order chi connectivity index (χ0) is 26.3. The first-order valence-corrected chi connectivity index (χ1v) is 13.0. The number of nitrogens with zero attached hydrogens (tertiary/aromatic N) is 3. The molecule has 0 atom stereocenters. The number of hydrogen-bond acceptors (Lipinski definition) is 6. The van der Waals surface area contributed by atoms with Crippen molar-refractivity contribution in [1.29, 1.82) is 0 Å². The summed E-state index contributed by atoms with van der Waals surface area (Å²) in [6.07, 6.45) is 0. The van der Waals surface area contributed by atoms with Crippen LogP contribution in [0.5, 0.6) is 5.75 Å². The van der Waals surface area contributed by atoms with Gasteiger partial charge in [0.25, 0.3) is 5.91 Å². The van der Waals surface area contributed by atoms with E-state index >= 15 is 0 Å². The van der Waals surface area contributed by atoms with Gasteiger partial charge in [0, 0.05) is 63.6 Å². The van der Waals surface area contributed by atoms with E-state index in [1.807, 2.05) is 65.6 Å². The molecule has 0 bridgehead atoms. The maximum Gasteiger partial charge on any atom is 0.323 e. The maximum absolute atomic E-state index is 13.2. The van der Waals surface area contributed by atoms with Crippen molar-refractivity contribution in [2.24, 2.45) is 0 Å². The lowest BCUT2D eigenvalue weighted by Gasteiger charge is -2.38. The van der Waals surface area contributed by atoms with Crippen LogP contribution in [0, 0.1) is 0 Å². The first-order chi connectivity index (χ1) is 18.6. The van der Waals surface area contributed by atoms with Gasteiger partial charge >= 0.3 is 6.03 Å². The van der Waals surface area contributed by atoms with Gasteiger partial charge in [-0.15, -0.1) is 0 Å². The number of rotatable bonds is 6. The second-order valence-electron chi connectivity index (χ2n) is 9.37. The maximum atomic E-state index is 13.2. The summed E-state index contributed by atoms with van der Waals surface area (Å²) in [4.78, 5) is 32.6.